The second kappa shape index (κ2) is 5.41. The zero-order valence-electron chi connectivity index (χ0n) is 10.7. The molecule has 1 aromatic heterocycles. The van der Waals surface area contributed by atoms with Crippen molar-refractivity contribution in [1.82, 2.24) is 4.98 Å². The summed E-state index contributed by atoms with van der Waals surface area (Å²) in [4.78, 5) is 4.26. The van der Waals surface area contributed by atoms with E-state index in [-0.39, 0.29) is 6.10 Å². The second-order valence-electron chi connectivity index (χ2n) is 4.83. The zero-order valence-corrected chi connectivity index (χ0v) is 10.7. The number of hydrogen-bond acceptors (Lipinski definition) is 3. The molecule has 3 rings (SSSR count). The molecule has 0 aliphatic heterocycles. The number of ether oxygens (including phenoxy) is 1. The summed E-state index contributed by atoms with van der Waals surface area (Å²) in [5.41, 5.74) is 3.30. The molecule has 1 atom stereocenters. The van der Waals surface area contributed by atoms with Gasteiger partial charge >= 0.3 is 0 Å². The number of nitrogens with zero attached hydrogens (tertiary/aromatic N) is 1. The molecule has 0 bridgehead atoms. The lowest BCUT2D eigenvalue weighted by atomic mass is 10.1. The molecule has 0 spiro atoms. The standard InChI is InChI=1S/C16H17NO2/c18-16-7-4-12-11-14(5-6-15(12)16)19-10-8-13-3-1-2-9-17-13/h1-3,5-6,9,11,16,18H,4,7-8,10H2/t16-/m0/s1. The first kappa shape index (κ1) is 12.2. The molecule has 0 saturated carbocycles. The van der Waals surface area contributed by atoms with Gasteiger partial charge in [0.1, 0.15) is 5.75 Å². The molecule has 2 aromatic rings. The van der Waals surface area contributed by atoms with E-state index in [0.717, 1.165) is 36.3 Å². The molecule has 98 valence electrons. The molecule has 19 heavy (non-hydrogen) atoms. The van der Waals surface area contributed by atoms with Crippen molar-refractivity contribution >= 4 is 0 Å². The van der Waals surface area contributed by atoms with Crippen molar-refractivity contribution in [3.8, 4) is 5.75 Å². The molecular weight excluding hydrogens is 238 g/mol. The van der Waals surface area contributed by atoms with Crippen molar-refractivity contribution in [1.29, 1.82) is 0 Å². The fourth-order valence-corrected chi connectivity index (χ4v) is 2.48. The molecule has 1 aliphatic carbocycles. The molecule has 0 radical (unpaired) electrons. The number of aryl methyl sites for hydroxylation is 1. The highest BCUT2D eigenvalue weighted by Crippen LogP contribution is 2.33. The molecule has 0 fully saturated rings. The number of rotatable bonds is 4. The van der Waals surface area contributed by atoms with Crippen LogP contribution in [0.3, 0.4) is 0 Å². The fourth-order valence-electron chi connectivity index (χ4n) is 2.48. The normalized spacial score (nSPS) is 17.2. The predicted molar refractivity (Wildman–Crippen MR) is 73.2 cm³/mol. The van der Waals surface area contributed by atoms with Gasteiger partial charge in [0.25, 0.3) is 0 Å². The Bertz CT molecular complexity index is 554. The molecule has 0 amide bonds. The first-order valence-electron chi connectivity index (χ1n) is 6.66. The lowest BCUT2D eigenvalue weighted by molar-refractivity contribution is 0.180. The first-order chi connectivity index (χ1) is 9.33. The van der Waals surface area contributed by atoms with Crippen LogP contribution in [0.15, 0.2) is 42.6 Å². The van der Waals surface area contributed by atoms with E-state index in [2.05, 4.69) is 4.98 Å². The summed E-state index contributed by atoms with van der Waals surface area (Å²) in [5.74, 6) is 0.879. The van der Waals surface area contributed by atoms with E-state index in [1.807, 2.05) is 36.4 Å². The maximum absolute atomic E-state index is 9.75. The van der Waals surface area contributed by atoms with Crippen LogP contribution in [0.4, 0.5) is 0 Å². The number of hydrogen-bond donors (Lipinski definition) is 1. The number of aromatic nitrogens is 1. The van der Waals surface area contributed by atoms with E-state index in [1.54, 1.807) is 6.20 Å². The van der Waals surface area contributed by atoms with Crippen molar-refractivity contribution in [3.05, 3.63) is 59.4 Å². The van der Waals surface area contributed by atoms with E-state index in [4.69, 9.17) is 4.74 Å². The van der Waals surface area contributed by atoms with E-state index in [9.17, 15) is 5.11 Å². The highest BCUT2D eigenvalue weighted by molar-refractivity contribution is 5.39. The lowest BCUT2D eigenvalue weighted by Gasteiger charge is -2.08. The number of pyridine rings is 1. The van der Waals surface area contributed by atoms with Crippen molar-refractivity contribution in [2.24, 2.45) is 0 Å². The average Bonchev–Trinajstić information content (AvgIpc) is 2.81. The van der Waals surface area contributed by atoms with Crippen LogP contribution >= 0.6 is 0 Å². The summed E-state index contributed by atoms with van der Waals surface area (Å²) < 4.78 is 5.75. The van der Waals surface area contributed by atoms with Crippen molar-refractivity contribution < 1.29 is 9.84 Å². The third-order valence-corrected chi connectivity index (χ3v) is 3.51. The van der Waals surface area contributed by atoms with Crippen LogP contribution in [-0.2, 0) is 12.8 Å². The van der Waals surface area contributed by atoms with Gasteiger partial charge in [-0.1, -0.05) is 12.1 Å². The third kappa shape index (κ3) is 2.76. The molecule has 1 aliphatic rings. The Labute approximate surface area is 112 Å². The largest absolute Gasteiger partial charge is 0.493 e. The Balaban J connectivity index is 1.59. The molecule has 1 aromatic carbocycles. The van der Waals surface area contributed by atoms with Gasteiger partial charge in [0.2, 0.25) is 0 Å². The van der Waals surface area contributed by atoms with Crippen molar-refractivity contribution in [2.45, 2.75) is 25.4 Å². The Kier molecular flexibility index (Phi) is 3.47. The molecule has 1 heterocycles. The summed E-state index contributed by atoms with van der Waals surface area (Å²) in [7, 11) is 0. The quantitative estimate of drug-likeness (QED) is 0.913. The molecular formula is C16H17NO2. The van der Waals surface area contributed by atoms with Gasteiger partial charge in [0, 0.05) is 18.3 Å². The highest BCUT2D eigenvalue weighted by Gasteiger charge is 2.20. The minimum absolute atomic E-state index is 0.294. The average molecular weight is 255 g/mol. The Morgan fingerprint density at radius 3 is 3.05 bits per heavy atom. The van der Waals surface area contributed by atoms with Crippen LogP contribution < -0.4 is 4.74 Å². The summed E-state index contributed by atoms with van der Waals surface area (Å²) in [6.45, 7) is 0.623. The monoisotopic (exact) mass is 255 g/mol. The van der Waals surface area contributed by atoms with Crippen LogP contribution in [0, 0.1) is 0 Å². The second-order valence-corrected chi connectivity index (χ2v) is 4.83. The Morgan fingerprint density at radius 2 is 2.21 bits per heavy atom. The third-order valence-electron chi connectivity index (χ3n) is 3.51. The van der Waals surface area contributed by atoms with Gasteiger partial charge in [-0.3, -0.25) is 4.98 Å². The van der Waals surface area contributed by atoms with Gasteiger partial charge in [0.05, 0.1) is 12.7 Å². The molecule has 0 unspecified atom stereocenters. The molecule has 3 heteroatoms. The van der Waals surface area contributed by atoms with Gasteiger partial charge in [-0.2, -0.15) is 0 Å². The maximum atomic E-state index is 9.75. The summed E-state index contributed by atoms with van der Waals surface area (Å²) in [5, 5.41) is 9.75. The number of fused-ring (bicyclic) bond motifs is 1. The van der Waals surface area contributed by atoms with Crippen LogP contribution in [0.5, 0.6) is 5.75 Å². The van der Waals surface area contributed by atoms with Gasteiger partial charge in [-0.05, 0) is 48.2 Å². The minimum Gasteiger partial charge on any atom is -0.493 e. The molecule has 0 saturated heterocycles. The number of aliphatic hydroxyl groups excluding tert-OH is 1. The topological polar surface area (TPSA) is 42.4 Å². The smallest absolute Gasteiger partial charge is 0.119 e. The van der Waals surface area contributed by atoms with Crippen LogP contribution in [0.25, 0.3) is 0 Å². The zero-order chi connectivity index (χ0) is 13.1. The predicted octanol–water partition coefficient (Wildman–Crippen LogP) is 2.68. The van der Waals surface area contributed by atoms with Gasteiger partial charge < -0.3 is 9.84 Å². The summed E-state index contributed by atoms with van der Waals surface area (Å²) in [6.07, 6.45) is 4.07. The highest BCUT2D eigenvalue weighted by atomic mass is 16.5. The van der Waals surface area contributed by atoms with Gasteiger partial charge in [0.15, 0.2) is 0 Å². The summed E-state index contributed by atoms with van der Waals surface area (Å²) >= 11 is 0. The Hall–Kier alpha value is -1.87. The number of aliphatic hydroxyl groups is 1. The van der Waals surface area contributed by atoms with Gasteiger partial charge in [-0.15, -0.1) is 0 Å². The van der Waals surface area contributed by atoms with E-state index in [0.29, 0.717) is 6.61 Å². The maximum Gasteiger partial charge on any atom is 0.119 e. The first-order valence-corrected chi connectivity index (χ1v) is 6.66. The van der Waals surface area contributed by atoms with Crippen molar-refractivity contribution in [3.63, 3.8) is 0 Å². The summed E-state index contributed by atoms with van der Waals surface area (Å²) in [6, 6.07) is 11.9. The SMILES string of the molecule is O[C@H]1CCc2cc(OCCc3ccccn3)ccc21. The van der Waals surface area contributed by atoms with E-state index < -0.39 is 0 Å². The van der Waals surface area contributed by atoms with Crippen molar-refractivity contribution in [2.75, 3.05) is 6.61 Å². The van der Waals surface area contributed by atoms with Crippen LogP contribution in [0.1, 0.15) is 29.3 Å². The van der Waals surface area contributed by atoms with Gasteiger partial charge in [-0.25, -0.2) is 0 Å². The van der Waals surface area contributed by atoms with Crippen LogP contribution in [-0.4, -0.2) is 16.7 Å². The molecule has 3 nitrogen and oxygen atoms in total. The Morgan fingerprint density at radius 1 is 1.26 bits per heavy atom. The van der Waals surface area contributed by atoms with E-state index in [1.165, 1.54) is 5.56 Å². The fraction of sp³-hybridized carbons (Fsp3) is 0.312. The minimum atomic E-state index is -0.294. The van der Waals surface area contributed by atoms with E-state index >= 15 is 0 Å². The lowest BCUT2D eigenvalue weighted by Crippen LogP contribution is -2.03. The number of benzene rings is 1. The molecule has 1 N–H and O–H groups in total. The van der Waals surface area contributed by atoms with Crippen LogP contribution in [0.2, 0.25) is 0 Å².